The predicted molar refractivity (Wildman–Crippen MR) is 120 cm³/mol. The number of anilines is 1. The van der Waals surface area contributed by atoms with Gasteiger partial charge in [-0.05, 0) is 42.2 Å². The lowest BCUT2D eigenvalue weighted by molar-refractivity contribution is -0.144. The molecule has 3 atom stereocenters. The maximum atomic E-state index is 12.5. The lowest BCUT2D eigenvalue weighted by Gasteiger charge is -2.40. The molecule has 2 aromatic rings. The highest BCUT2D eigenvalue weighted by Gasteiger charge is 2.52. The van der Waals surface area contributed by atoms with Crippen molar-refractivity contribution in [2.45, 2.75) is 52.1 Å². The fourth-order valence-corrected chi connectivity index (χ4v) is 6.04. The SMILES string of the molecule is CC1(C)CC2CC(C)(CN2C(C(=O)O)c2c[nH]c3cc(NC(=O)/C=C/C(=O)O)ccc23)C1. The molecule has 1 aliphatic heterocycles. The van der Waals surface area contributed by atoms with E-state index in [0.717, 1.165) is 43.3 Å². The van der Waals surface area contributed by atoms with Crippen LogP contribution in [0.3, 0.4) is 0 Å². The molecule has 8 nitrogen and oxygen atoms in total. The third kappa shape index (κ3) is 4.27. The fraction of sp³-hybridized carbons (Fsp3) is 0.458. The Balaban J connectivity index is 1.62. The molecule has 3 unspecified atom stereocenters. The van der Waals surface area contributed by atoms with Crippen LogP contribution in [0.15, 0.2) is 36.5 Å². The number of amides is 1. The van der Waals surface area contributed by atoms with Crippen molar-refractivity contribution in [2.75, 3.05) is 11.9 Å². The number of aliphatic carboxylic acids is 2. The molecular formula is C24H29N3O5. The molecule has 1 saturated carbocycles. The normalized spacial score (nSPS) is 25.8. The van der Waals surface area contributed by atoms with Crippen molar-refractivity contribution in [1.29, 1.82) is 0 Å². The molecule has 2 bridgehead atoms. The number of benzene rings is 1. The van der Waals surface area contributed by atoms with Gasteiger partial charge in [-0.2, -0.15) is 0 Å². The Kier molecular flexibility index (Phi) is 5.36. The molecule has 2 heterocycles. The molecular weight excluding hydrogens is 410 g/mol. The van der Waals surface area contributed by atoms with Crippen molar-refractivity contribution in [3.63, 3.8) is 0 Å². The number of nitrogens with one attached hydrogen (secondary N) is 2. The molecule has 1 saturated heterocycles. The molecule has 1 amide bonds. The largest absolute Gasteiger partial charge is 0.480 e. The first-order valence-electron chi connectivity index (χ1n) is 10.8. The highest BCUT2D eigenvalue weighted by Crippen LogP contribution is 2.54. The summed E-state index contributed by atoms with van der Waals surface area (Å²) in [4.78, 5) is 40.2. The van der Waals surface area contributed by atoms with E-state index in [-0.39, 0.29) is 16.9 Å². The molecule has 4 rings (SSSR count). The zero-order chi connectivity index (χ0) is 23.3. The average molecular weight is 440 g/mol. The molecule has 1 aliphatic carbocycles. The first kappa shape index (κ1) is 22.1. The highest BCUT2D eigenvalue weighted by molar-refractivity contribution is 6.03. The Morgan fingerprint density at radius 3 is 2.62 bits per heavy atom. The third-order valence-electron chi connectivity index (χ3n) is 6.67. The topological polar surface area (TPSA) is 123 Å². The van der Waals surface area contributed by atoms with Gasteiger partial charge in [-0.25, -0.2) is 4.79 Å². The van der Waals surface area contributed by atoms with Gasteiger partial charge in [-0.1, -0.05) is 26.8 Å². The summed E-state index contributed by atoms with van der Waals surface area (Å²) in [6.45, 7) is 7.56. The van der Waals surface area contributed by atoms with E-state index in [4.69, 9.17) is 5.11 Å². The zero-order valence-electron chi connectivity index (χ0n) is 18.5. The molecule has 8 heteroatoms. The molecule has 1 aromatic carbocycles. The molecule has 0 radical (unpaired) electrons. The molecule has 0 spiro atoms. The molecule has 2 fully saturated rings. The minimum atomic E-state index is -1.20. The summed E-state index contributed by atoms with van der Waals surface area (Å²) in [7, 11) is 0. The van der Waals surface area contributed by atoms with Crippen LogP contribution in [0.5, 0.6) is 0 Å². The summed E-state index contributed by atoms with van der Waals surface area (Å²) < 4.78 is 0. The summed E-state index contributed by atoms with van der Waals surface area (Å²) in [5.74, 6) is -2.62. The van der Waals surface area contributed by atoms with E-state index in [9.17, 15) is 19.5 Å². The van der Waals surface area contributed by atoms with E-state index in [0.29, 0.717) is 16.8 Å². The van der Waals surface area contributed by atoms with E-state index in [1.807, 2.05) is 0 Å². The summed E-state index contributed by atoms with van der Waals surface area (Å²) >= 11 is 0. The van der Waals surface area contributed by atoms with Crippen molar-refractivity contribution in [3.05, 3.63) is 42.1 Å². The van der Waals surface area contributed by atoms with Crippen LogP contribution >= 0.6 is 0 Å². The standard InChI is InChI=1S/C24H29N3O5/c1-23(2)9-15-10-24(3,12-23)13-27(15)21(22(31)32)17-11-25-18-8-14(4-5-16(17)18)26-19(28)6-7-20(29)30/h4-8,11,15,21,25H,9-10,12-13H2,1-3H3,(H,26,28)(H,29,30)(H,31,32)/b7-6+. The van der Waals surface area contributed by atoms with Gasteiger partial charge in [0.15, 0.2) is 0 Å². The molecule has 170 valence electrons. The summed E-state index contributed by atoms with van der Waals surface area (Å²) in [5, 5.41) is 22.3. The maximum absolute atomic E-state index is 12.5. The van der Waals surface area contributed by atoms with Crippen molar-refractivity contribution < 1.29 is 24.6 Å². The van der Waals surface area contributed by atoms with Gasteiger partial charge < -0.3 is 20.5 Å². The number of rotatable bonds is 6. The van der Waals surface area contributed by atoms with Crippen molar-refractivity contribution in [1.82, 2.24) is 9.88 Å². The van der Waals surface area contributed by atoms with Crippen LogP contribution in [0.25, 0.3) is 10.9 Å². The third-order valence-corrected chi connectivity index (χ3v) is 6.67. The lowest BCUT2D eigenvalue weighted by Crippen LogP contribution is -2.39. The number of H-pyrrole nitrogens is 1. The second-order valence-corrected chi connectivity index (χ2v) is 10.3. The van der Waals surface area contributed by atoms with E-state index in [1.165, 1.54) is 0 Å². The van der Waals surface area contributed by atoms with E-state index in [2.05, 4.69) is 36.0 Å². The number of nitrogens with zero attached hydrogens (tertiary/aromatic N) is 1. The number of aromatic amines is 1. The van der Waals surface area contributed by atoms with Crippen LogP contribution in [0, 0.1) is 10.8 Å². The smallest absolute Gasteiger partial charge is 0.328 e. The minimum absolute atomic E-state index is 0.118. The predicted octanol–water partition coefficient (Wildman–Crippen LogP) is 3.77. The number of carboxylic acid groups (broad SMARTS) is 2. The number of carboxylic acids is 2. The maximum Gasteiger partial charge on any atom is 0.328 e. The van der Waals surface area contributed by atoms with Crippen LogP contribution in [-0.4, -0.2) is 50.5 Å². The second kappa shape index (κ2) is 7.78. The van der Waals surface area contributed by atoms with Crippen LogP contribution in [0.2, 0.25) is 0 Å². The number of carbonyl (C=O) groups excluding carboxylic acids is 1. The Bertz CT molecular complexity index is 1120. The first-order chi connectivity index (χ1) is 15.0. The van der Waals surface area contributed by atoms with Gasteiger partial charge >= 0.3 is 11.9 Å². The van der Waals surface area contributed by atoms with Gasteiger partial charge in [0.25, 0.3) is 0 Å². The van der Waals surface area contributed by atoms with Gasteiger partial charge in [0, 0.05) is 53.1 Å². The molecule has 4 N–H and O–H groups in total. The molecule has 2 aliphatic rings. The Hall–Kier alpha value is -3.13. The van der Waals surface area contributed by atoms with Crippen molar-refractivity contribution in [2.24, 2.45) is 10.8 Å². The van der Waals surface area contributed by atoms with Gasteiger partial charge in [0.1, 0.15) is 6.04 Å². The first-order valence-corrected chi connectivity index (χ1v) is 10.8. The number of hydrogen-bond acceptors (Lipinski definition) is 4. The minimum Gasteiger partial charge on any atom is -0.480 e. The number of hydrogen-bond donors (Lipinski definition) is 4. The summed E-state index contributed by atoms with van der Waals surface area (Å²) in [5.41, 5.74) is 2.22. The van der Waals surface area contributed by atoms with Gasteiger partial charge in [-0.15, -0.1) is 0 Å². The van der Waals surface area contributed by atoms with Crippen LogP contribution in [-0.2, 0) is 14.4 Å². The summed E-state index contributed by atoms with van der Waals surface area (Å²) in [6.07, 6.45) is 6.55. The van der Waals surface area contributed by atoms with Crippen LogP contribution in [0.4, 0.5) is 5.69 Å². The number of carbonyl (C=O) groups is 3. The van der Waals surface area contributed by atoms with Gasteiger partial charge in [0.2, 0.25) is 5.91 Å². The number of fused-ring (bicyclic) bond motifs is 3. The lowest BCUT2D eigenvalue weighted by atomic mass is 9.65. The monoisotopic (exact) mass is 439 g/mol. The van der Waals surface area contributed by atoms with Crippen molar-refractivity contribution in [3.8, 4) is 0 Å². The summed E-state index contributed by atoms with van der Waals surface area (Å²) in [6, 6.07) is 4.69. The van der Waals surface area contributed by atoms with E-state index in [1.54, 1.807) is 24.4 Å². The van der Waals surface area contributed by atoms with Gasteiger partial charge in [-0.3, -0.25) is 14.5 Å². The molecule has 1 aromatic heterocycles. The number of aromatic nitrogens is 1. The van der Waals surface area contributed by atoms with Gasteiger partial charge in [0.05, 0.1) is 0 Å². The average Bonchev–Trinajstić information content (AvgIpc) is 3.17. The van der Waals surface area contributed by atoms with E-state index < -0.39 is 23.9 Å². The Morgan fingerprint density at radius 2 is 1.94 bits per heavy atom. The second-order valence-electron chi connectivity index (χ2n) is 10.3. The zero-order valence-corrected chi connectivity index (χ0v) is 18.5. The van der Waals surface area contributed by atoms with Crippen LogP contribution in [0.1, 0.15) is 51.6 Å². The van der Waals surface area contributed by atoms with E-state index >= 15 is 0 Å². The number of likely N-dealkylation sites (tertiary alicyclic amines) is 1. The Labute approximate surface area is 186 Å². The van der Waals surface area contributed by atoms with Crippen molar-refractivity contribution >= 4 is 34.4 Å². The quantitative estimate of drug-likeness (QED) is 0.508. The Morgan fingerprint density at radius 1 is 1.19 bits per heavy atom. The van der Waals surface area contributed by atoms with Crippen LogP contribution < -0.4 is 5.32 Å². The molecule has 32 heavy (non-hydrogen) atoms. The fourth-order valence-electron chi connectivity index (χ4n) is 6.04. The highest BCUT2D eigenvalue weighted by atomic mass is 16.4.